The summed E-state index contributed by atoms with van der Waals surface area (Å²) in [5.41, 5.74) is 2.95. The van der Waals surface area contributed by atoms with Crippen molar-refractivity contribution in [2.24, 2.45) is 5.41 Å². The van der Waals surface area contributed by atoms with Crippen molar-refractivity contribution < 1.29 is 27.9 Å². The Morgan fingerprint density at radius 3 is 2.33 bits per heavy atom. The lowest BCUT2D eigenvalue weighted by Gasteiger charge is -2.34. The largest absolute Gasteiger partial charge is 0.489 e. The molecule has 30 heavy (non-hydrogen) atoms. The molecule has 0 radical (unpaired) electrons. The molecule has 1 aromatic carbocycles. The Bertz CT molecular complexity index is 978. The summed E-state index contributed by atoms with van der Waals surface area (Å²) >= 11 is 0. The maximum Gasteiger partial charge on any atom is 0.250 e. The number of aryl methyl sites for hydroxylation is 2. The Morgan fingerprint density at radius 2 is 1.77 bits per heavy atom. The molecule has 8 nitrogen and oxygen atoms in total. The van der Waals surface area contributed by atoms with Gasteiger partial charge in [0.15, 0.2) is 9.84 Å². The maximum atomic E-state index is 13.0. The van der Waals surface area contributed by atoms with Crippen LogP contribution in [0.4, 0.5) is 0 Å². The highest BCUT2D eigenvalue weighted by atomic mass is 32.2. The van der Waals surface area contributed by atoms with Gasteiger partial charge in [0.25, 0.3) is 5.91 Å². The van der Waals surface area contributed by atoms with Gasteiger partial charge in [-0.1, -0.05) is 12.1 Å². The van der Waals surface area contributed by atoms with Gasteiger partial charge in [-0.25, -0.2) is 13.9 Å². The molecule has 9 heteroatoms. The molecule has 2 N–H and O–H groups in total. The quantitative estimate of drug-likeness (QED) is 0.508. The van der Waals surface area contributed by atoms with Gasteiger partial charge in [-0.3, -0.25) is 15.0 Å². The minimum atomic E-state index is -3.75. The summed E-state index contributed by atoms with van der Waals surface area (Å²) in [6.07, 6.45) is 0.463. The van der Waals surface area contributed by atoms with Gasteiger partial charge in [0.2, 0.25) is 0 Å². The molecule has 1 aliphatic heterocycles. The number of sulfone groups is 1. The van der Waals surface area contributed by atoms with Crippen molar-refractivity contribution in [3.63, 3.8) is 0 Å². The molecule has 1 amide bonds. The van der Waals surface area contributed by atoms with Crippen molar-refractivity contribution in [1.29, 1.82) is 0 Å². The first-order valence-electron chi connectivity index (χ1n) is 9.66. The Hall–Kier alpha value is -2.49. The van der Waals surface area contributed by atoms with Gasteiger partial charge in [-0.05, 0) is 44.4 Å². The van der Waals surface area contributed by atoms with E-state index in [4.69, 9.17) is 14.7 Å². The third kappa shape index (κ3) is 5.16. The summed E-state index contributed by atoms with van der Waals surface area (Å²) in [6.45, 7) is 4.61. The monoisotopic (exact) mass is 434 g/mol. The first-order chi connectivity index (χ1) is 14.2. The molecule has 0 saturated carbocycles. The highest BCUT2D eigenvalue weighted by molar-refractivity contribution is 7.91. The predicted molar refractivity (Wildman–Crippen MR) is 109 cm³/mol. The number of nitrogens with zero attached hydrogens (tertiary/aromatic N) is 1. The molecule has 0 atom stereocenters. The van der Waals surface area contributed by atoms with Gasteiger partial charge in [0.1, 0.15) is 12.4 Å². The number of hydrogen-bond acceptors (Lipinski definition) is 7. The molecule has 2 aromatic rings. The fourth-order valence-electron chi connectivity index (χ4n) is 3.60. The fraction of sp³-hybridized carbons (Fsp3) is 0.429. The second kappa shape index (κ2) is 9.11. The molecule has 162 valence electrons. The second-order valence-corrected chi connectivity index (χ2v) is 9.60. The SMILES string of the molecule is Cc1cc(OCc2ccc(S(=O)(=O)CC3(C(=O)NO)CCOCC3)cc2)cc(C)n1. The molecular formula is C21H26N2O6S. The molecule has 0 unspecified atom stereocenters. The van der Waals surface area contributed by atoms with E-state index in [1.165, 1.54) is 12.1 Å². The minimum absolute atomic E-state index is 0.124. The average molecular weight is 435 g/mol. The number of hydrogen-bond donors (Lipinski definition) is 2. The van der Waals surface area contributed by atoms with Gasteiger partial charge < -0.3 is 9.47 Å². The molecular weight excluding hydrogens is 408 g/mol. The topological polar surface area (TPSA) is 115 Å². The minimum Gasteiger partial charge on any atom is -0.489 e. The number of aromatic nitrogens is 1. The fourth-order valence-corrected chi connectivity index (χ4v) is 5.47. The number of benzene rings is 1. The summed E-state index contributed by atoms with van der Waals surface area (Å²) in [5, 5.41) is 9.09. The van der Waals surface area contributed by atoms with E-state index < -0.39 is 21.2 Å². The number of pyridine rings is 1. The van der Waals surface area contributed by atoms with Gasteiger partial charge in [-0.15, -0.1) is 0 Å². The summed E-state index contributed by atoms with van der Waals surface area (Å²) in [7, 11) is -3.75. The first kappa shape index (κ1) is 22.2. The summed E-state index contributed by atoms with van der Waals surface area (Å²) < 4.78 is 36.9. The van der Waals surface area contributed by atoms with Crippen molar-refractivity contribution >= 4 is 15.7 Å². The zero-order chi connectivity index (χ0) is 21.8. The number of carbonyl (C=O) groups is 1. The van der Waals surface area contributed by atoms with Gasteiger partial charge in [0.05, 0.1) is 16.1 Å². The second-order valence-electron chi connectivity index (χ2n) is 7.61. The molecule has 1 aliphatic rings. The van der Waals surface area contributed by atoms with E-state index in [1.807, 2.05) is 26.0 Å². The summed E-state index contributed by atoms with van der Waals surface area (Å²) in [4.78, 5) is 16.6. The van der Waals surface area contributed by atoms with Crippen LogP contribution in [-0.2, 0) is 26.0 Å². The van der Waals surface area contributed by atoms with Crippen LogP contribution in [0.2, 0.25) is 0 Å². The number of carbonyl (C=O) groups excluding carboxylic acids is 1. The van der Waals surface area contributed by atoms with Gasteiger partial charge in [0, 0.05) is 36.7 Å². The van der Waals surface area contributed by atoms with Crippen molar-refractivity contribution in [2.45, 2.75) is 38.2 Å². The summed E-state index contributed by atoms with van der Waals surface area (Å²) in [5.74, 6) is -0.378. The zero-order valence-electron chi connectivity index (χ0n) is 17.1. The molecule has 2 heterocycles. The van der Waals surface area contributed by atoms with E-state index in [9.17, 15) is 13.2 Å². The van der Waals surface area contributed by atoms with Gasteiger partial charge in [-0.2, -0.15) is 0 Å². The van der Waals surface area contributed by atoms with Crippen molar-refractivity contribution in [2.75, 3.05) is 19.0 Å². The normalized spacial score (nSPS) is 16.1. The third-order valence-electron chi connectivity index (χ3n) is 5.24. The Balaban J connectivity index is 1.71. The van der Waals surface area contributed by atoms with Gasteiger partial charge >= 0.3 is 0 Å². The first-order valence-corrected chi connectivity index (χ1v) is 11.3. The summed E-state index contributed by atoms with van der Waals surface area (Å²) in [6, 6.07) is 10.1. The number of amides is 1. The number of rotatable bonds is 7. The predicted octanol–water partition coefficient (Wildman–Crippen LogP) is 2.35. The van der Waals surface area contributed by atoms with Crippen LogP contribution in [0, 0.1) is 19.3 Å². The lowest BCUT2D eigenvalue weighted by Crippen LogP contribution is -2.47. The van der Waals surface area contributed by atoms with Crippen molar-refractivity contribution in [1.82, 2.24) is 10.5 Å². The molecule has 1 fully saturated rings. The van der Waals surface area contributed by atoms with Crippen LogP contribution in [0.15, 0.2) is 41.3 Å². The van der Waals surface area contributed by atoms with E-state index in [-0.39, 0.29) is 43.3 Å². The molecule has 0 bridgehead atoms. The Kier molecular flexibility index (Phi) is 6.74. The zero-order valence-corrected chi connectivity index (χ0v) is 17.9. The molecule has 3 rings (SSSR count). The third-order valence-corrected chi connectivity index (χ3v) is 7.17. The van der Waals surface area contributed by atoms with Crippen LogP contribution in [0.25, 0.3) is 0 Å². The van der Waals surface area contributed by atoms with Crippen LogP contribution in [0.3, 0.4) is 0 Å². The number of ether oxygens (including phenoxy) is 2. The van der Waals surface area contributed by atoms with Crippen molar-refractivity contribution in [3.8, 4) is 5.75 Å². The highest BCUT2D eigenvalue weighted by Gasteiger charge is 2.44. The molecule has 1 saturated heterocycles. The molecule has 0 aliphatic carbocycles. The van der Waals surface area contributed by atoms with E-state index in [2.05, 4.69) is 4.98 Å². The van der Waals surface area contributed by atoms with Crippen LogP contribution in [-0.4, -0.2) is 43.5 Å². The van der Waals surface area contributed by atoms with E-state index in [0.717, 1.165) is 17.0 Å². The molecule has 0 spiro atoms. The highest BCUT2D eigenvalue weighted by Crippen LogP contribution is 2.34. The van der Waals surface area contributed by atoms with E-state index in [1.54, 1.807) is 17.6 Å². The van der Waals surface area contributed by atoms with Crippen molar-refractivity contribution in [3.05, 3.63) is 53.3 Å². The molecule has 1 aromatic heterocycles. The van der Waals surface area contributed by atoms with Crippen LogP contribution in [0.5, 0.6) is 5.75 Å². The van der Waals surface area contributed by atoms with E-state index >= 15 is 0 Å². The lowest BCUT2D eigenvalue weighted by atomic mass is 9.81. The Morgan fingerprint density at radius 1 is 1.17 bits per heavy atom. The maximum absolute atomic E-state index is 13.0. The lowest BCUT2D eigenvalue weighted by molar-refractivity contribution is -0.143. The average Bonchev–Trinajstić information content (AvgIpc) is 2.71. The number of hydroxylamine groups is 1. The van der Waals surface area contributed by atoms with Crippen LogP contribution >= 0.6 is 0 Å². The number of nitrogens with one attached hydrogen (secondary N) is 1. The smallest absolute Gasteiger partial charge is 0.250 e. The van der Waals surface area contributed by atoms with Crippen LogP contribution in [0.1, 0.15) is 29.8 Å². The standard InChI is InChI=1S/C21H26N2O6S/c1-15-11-18(12-16(2)22-15)29-13-17-3-5-19(6-4-17)30(26,27)14-21(20(24)23-25)7-9-28-10-8-21/h3-6,11-12,25H,7-10,13-14H2,1-2H3,(H,23,24). The van der Waals surface area contributed by atoms with E-state index in [0.29, 0.717) is 5.75 Å². The van der Waals surface area contributed by atoms with Crippen LogP contribution < -0.4 is 10.2 Å². The Labute approximate surface area is 176 Å².